The summed E-state index contributed by atoms with van der Waals surface area (Å²) in [6.07, 6.45) is 4.74. The molecular formula is C14H9ClN4O2. The topological polar surface area (TPSA) is 81.0 Å². The molecule has 0 unspecified atom stereocenters. The molecule has 0 aliphatic heterocycles. The molecule has 0 fully saturated rings. The summed E-state index contributed by atoms with van der Waals surface area (Å²) in [5.74, 6) is 0. The summed E-state index contributed by atoms with van der Waals surface area (Å²) in [6.45, 7) is 0. The summed E-state index contributed by atoms with van der Waals surface area (Å²) >= 11 is 5.95. The van der Waals surface area contributed by atoms with Gasteiger partial charge in [-0.1, -0.05) is 17.7 Å². The summed E-state index contributed by atoms with van der Waals surface area (Å²) in [7, 11) is 0. The largest absolute Gasteiger partial charge is 0.347 e. The summed E-state index contributed by atoms with van der Waals surface area (Å²) in [6, 6.07) is 8.71. The Hall–Kier alpha value is -2.73. The van der Waals surface area contributed by atoms with Crippen molar-refractivity contribution in [3.63, 3.8) is 0 Å². The fourth-order valence-corrected chi connectivity index (χ4v) is 2.20. The molecule has 6 nitrogen and oxygen atoms in total. The van der Waals surface area contributed by atoms with Crippen molar-refractivity contribution in [1.29, 1.82) is 0 Å². The minimum atomic E-state index is -0.499. The van der Waals surface area contributed by atoms with Crippen molar-refractivity contribution in [2.45, 2.75) is 0 Å². The Morgan fingerprint density at radius 1 is 1.14 bits per heavy atom. The van der Waals surface area contributed by atoms with Crippen LogP contribution in [0.2, 0.25) is 5.15 Å². The molecule has 104 valence electrons. The van der Waals surface area contributed by atoms with Crippen LogP contribution in [-0.2, 0) is 0 Å². The van der Waals surface area contributed by atoms with E-state index in [0.717, 1.165) is 10.8 Å². The van der Waals surface area contributed by atoms with Gasteiger partial charge in [0.15, 0.2) is 10.8 Å². The highest BCUT2D eigenvalue weighted by Gasteiger charge is 2.17. The van der Waals surface area contributed by atoms with Gasteiger partial charge in [-0.25, -0.2) is 4.98 Å². The van der Waals surface area contributed by atoms with E-state index in [-0.39, 0.29) is 16.5 Å². The van der Waals surface area contributed by atoms with Gasteiger partial charge in [-0.3, -0.25) is 15.1 Å². The van der Waals surface area contributed by atoms with Gasteiger partial charge in [-0.2, -0.15) is 0 Å². The smallest absolute Gasteiger partial charge is 0.297 e. The lowest BCUT2D eigenvalue weighted by Crippen LogP contribution is -1.99. The van der Waals surface area contributed by atoms with Crippen LogP contribution in [0.25, 0.3) is 10.8 Å². The summed E-state index contributed by atoms with van der Waals surface area (Å²) < 4.78 is 0. The number of anilines is 2. The highest BCUT2D eigenvalue weighted by atomic mass is 35.5. The fraction of sp³-hybridized carbons (Fsp3) is 0. The normalized spacial score (nSPS) is 10.5. The van der Waals surface area contributed by atoms with Crippen molar-refractivity contribution >= 4 is 39.4 Å². The summed E-state index contributed by atoms with van der Waals surface area (Å²) in [5, 5.41) is 16.0. The molecule has 2 aromatic heterocycles. The first kappa shape index (κ1) is 13.3. The SMILES string of the molecule is O=[N+]([O-])c1ccnc(Cl)c1Nc1ccc2cnccc2c1. The Kier molecular flexibility index (Phi) is 3.37. The van der Waals surface area contributed by atoms with Crippen LogP contribution < -0.4 is 5.32 Å². The molecule has 0 spiro atoms. The monoisotopic (exact) mass is 300 g/mol. The van der Waals surface area contributed by atoms with Crippen LogP contribution in [0, 0.1) is 10.1 Å². The molecule has 0 atom stereocenters. The second-order valence-electron chi connectivity index (χ2n) is 4.32. The van der Waals surface area contributed by atoms with E-state index in [0.29, 0.717) is 5.69 Å². The number of fused-ring (bicyclic) bond motifs is 1. The maximum Gasteiger partial charge on any atom is 0.297 e. The molecule has 7 heteroatoms. The van der Waals surface area contributed by atoms with E-state index < -0.39 is 4.92 Å². The third kappa shape index (κ3) is 2.61. The standard InChI is InChI=1S/C14H9ClN4O2/c15-14-13(12(19(20)21)4-6-17-14)18-11-2-1-10-8-16-5-3-9(10)7-11/h1-8,18H. The van der Waals surface area contributed by atoms with E-state index in [1.165, 1.54) is 12.3 Å². The first-order valence-corrected chi connectivity index (χ1v) is 6.42. The lowest BCUT2D eigenvalue weighted by atomic mass is 10.1. The maximum atomic E-state index is 11.0. The van der Waals surface area contributed by atoms with Gasteiger partial charge in [-0.15, -0.1) is 0 Å². The highest BCUT2D eigenvalue weighted by Crippen LogP contribution is 2.33. The Morgan fingerprint density at radius 3 is 2.81 bits per heavy atom. The van der Waals surface area contributed by atoms with E-state index >= 15 is 0 Å². The number of pyridine rings is 2. The van der Waals surface area contributed by atoms with Gasteiger partial charge in [0.1, 0.15) is 0 Å². The molecule has 0 saturated heterocycles. The van der Waals surface area contributed by atoms with Crippen LogP contribution in [0.3, 0.4) is 0 Å². The molecule has 0 bridgehead atoms. The third-order valence-electron chi connectivity index (χ3n) is 2.99. The molecule has 21 heavy (non-hydrogen) atoms. The number of halogens is 1. The molecule has 0 amide bonds. The number of hydrogen-bond donors (Lipinski definition) is 1. The van der Waals surface area contributed by atoms with E-state index in [1.54, 1.807) is 18.5 Å². The zero-order chi connectivity index (χ0) is 14.8. The second kappa shape index (κ2) is 5.34. The van der Waals surface area contributed by atoms with Crippen LogP contribution >= 0.6 is 11.6 Å². The minimum absolute atomic E-state index is 0.0547. The second-order valence-corrected chi connectivity index (χ2v) is 4.67. The van der Waals surface area contributed by atoms with Crippen molar-refractivity contribution < 1.29 is 4.92 Å². The number of nitro groups is 1. The molecule has 2 heterocycles. The van der Waals surface area contributed by atoms with Crippen LogP contribution in [0.4, 0.5) is 17.1 Å². The lowest BCUT2D eigenvalue weighted by Gasteiger charge is -2.09. The van der Waals surface area contributed by atoms with E-state index in [9.17, 15) is 10.1 Å². The number of nitrogens with one attached hydrogen (secondary N) is 1. The van der Waals surface area contributed by atoms with Gasteiger partial charge >= 0.3 is 0 Å². The van der Waals surface area contributed by atoms with Gasteiger partial charge < -0.3 is 5.32 Å². The van der Waals surface area contributed by atoms with E-state index in [4.69, 9.17) is 11.6 Å². The van der Waals surface area contributed by atoms with Crippen LogP contribution in [0.1, 0.15) is 0 Å². The molecule has 3 aromatic rings. The summed E-state index contributed by atoms with van der Waals surface area (Å²) in [4.78, 5) is 18.5. The number of aromatic nitrogens is 2. The van der Waals surface area contributed by atoms with Gasteiger partial charge in [-0.05, 0) is 23.6 Å². The average Bonchev–Trinajstić information content (AvgIpc) is 2.49. The van der Waals surface area contributed by atoms with Crippen molar-refractivity contribution in [3.05, 3.63) is 64.2 Å². The number of hydrogen-bond acceptors (Lipinski definition) is 5. The predicted molar refractivity (Wildman–Crippen MR) is 80.9 cm³/mol. The Labute approximate surface area is 124 Å². The average molecular weight is 301 g/mol. The van der Waals surface area contributed by atoms with Crippen molar-refractivity contribution in [3.8, 4) is 0 Å². The molecule has 1 N–H and O–H groups in total. The molecule has 0 radical (unpaired) electrons. The van der Waals surface area contributed by atoms with Crippen LogP contribution in [0.5, 0.6) is 0 Å². The lowest BCUT2D eigenvalue weighted by molar-refractivity contribution is -0.384. The minimum Gasteiger partial charge on any atom is -0.347 e. The maximum absolute atomic E-state index is 11.0. The number of nitrogens with zero attached hydrogens (tertiary/aromatic N) is 3. The summed E-state index contributed by atoms with van der Waals surface area (Å²) in [5.41, 5.74) is 0.745. The van der Waals surface area contributed by atoms with E-state index in [1.807, 2.05) is 18.2 Å². The van der Waals surface area contributed by atoms with Crippen molar-refractivity contribution in [1.82, 2.24) is 9.97 Å². The van der Waals surface area contributed by atoms with Crippen molar-refractivity contribution in [2.75, 3.05) is 5.32 Å². The molecule has 0 saturated carbocycles. The number of rotatable bonds is 3. The van der Waals surface area contributed by atoms with Crippen LogP contribution in [0.15, 0.2) is 48.9 Å². The van der Waals surface area contributed by atoms with E-state index in [2.05, 4.69) is 15.3 Å². The molecule has 1 aromatic carbocycles. The first-order valence-electron chi connectivity index (χ1n) is 6.05. The Balaban J connectivity index is 2.04. The highest BCUT2D eigenvalue weighted by molar-refractivity contribution is 6.32. The fourth-order valence-electron chi connectivity index (χ4n) is 2.00. The van der Waals surface area contributed by atoms with Crippen LogP contribution in [-0.4, -0.2) is 14.9 Å². The zero-order valence-electron chi connectivity index (χ0n) is 10.7. The molecule has 0 aliphatic carbocycles. The first-order chi connectivity index (χ1) is 10.1. The predicted octanol–water partition coefficient (Wildman–Crippen LogP) is 3.94. The van der Waals surface area contributed by atoms with Gasteiger partial charge in [0.05, 0.1) is 4.92 Å². The van der Waals surface area contributed by atoms with Gasteiger partial charge in [0.25, 0.3) is 5.69 Å². The number of benzene rings is 1. The molecular weight excluding hydrogens is 292 g/mol. The Bertz CT molecular complexity index is 838. The quantitative estimate of drug-likeness (QED) is 0.450. The van der Waals surface area contributed by atoms with Crippen molar-refractivity contribution in [2.24, 2.45) is 0 Å². The third-order valence-corrected chi connectivity index (χ3v) is 3.28. The zero-order valence-corrected chi connectivity index (χ0v) is 11.4. The molecule has 0 aliphatic rings. The van der Waals surface area contributed by atoms with Gasteiger partial charge in [0.2, 0.25) is 0 Å². The molecule has 3 rings (SSSR count). The van der Waals surface area contributed by atoms with Gasteiger partial charge in [0, 0.05) is 35.7 Å². The Morgan fingerprint density at radius 2 is 2.00 bits per heavy atom.